The third kappa shape index (κ3) is 4.37. The van der Waals surface area contributed by atoms with Crippen LogP contribution in [-0.4, -0.2) is 50.9 Å². The molecule has 0 spiro atoms. The monoisotopic (exact) mass is 434 g/mol. The van der Waals surface area contributed by atoms with Crippen molar-refractivity contribution in [3.05, 3.63) is 76.9 Å². The summed E-state index contributed by atoms with van der Waals surface area (Å²) >= 11 is 1.88. The van der Waals surface area contributed by atoms with Gasteiger partial charge in [0.05, 0.1) is 17.4 Å². The largest absolute Gasteiger partial charge is 0.337 e. The van der Waals surface area contributed by atoms with Crippen molar-refractivity contribution in [2.24, 2.45) is 0 Å². The summed E-state index contributed by atoms with van der Waals surface area (Å²) in [5, 5.41) is 3.01. The van der Waals surface area contributed by atoms with Gasteiger partial charge in [-0.2, -0.15) is 11.8 Å². The predicted molar refractivity (Wildman–Crippen MR) is 125 cm³/mol. The van der Waals surface area contributed by atoms with E-state index >= 15 is 0 Å². The average molecular weight is 435 g/mol. The van der Waals surface area contributed by atoms with Crippen LogP contribution in [0.1, 0.15) is 37.7 Å². The Morgan fingerprint density at radius 1 is 1.06 bits per heavy atom. The van der Waals surface area contributed by atoms with Gasteiger partial charge in [0.25, 0.3) is 11.8 Å². The SMILES string of the molecule is Cc1cc(C(=O)N2CCSCC2)ccc1NC(=O)c1cc(C)n(-c2cccnc2)c1C. The van der Waals surface area contributed by atoms with E-state index in [0.29, 0.717) is 16.8 Å². The maximum absolute atomic E-state index is 13.0. The number of nitrogens with one attached hydrogen (secondary N) is 1. The number of rotatable bonds is 4. The maximum atomic E-state index is 13.0. The number of hydrogen-bond acceptors (Lipinski definition) is 4. The summed E-state index contributed by atoms with van der Waals surface area (Å²) in [5.41, 5.74) is 5.60. The Labute approximate surface area is 186 Å². The fraction of sp³-hybridized carbons (Fsp3) is 0.292. The first-order valence-corrected chi connectivity index (χ1v) is 11.5. The molecule has 1 fully saturated rings. The molecule has 4 rings (SSSR count). The van der Waals surface area contributed by atoms with Gasteiger partial charge in [-0.3, -0.25) is 14.6 Å². The Morgan fingerprint density at radius 3 is 2.52 bits per heavy atom. The Bertz CT molecular complexity index is 1120. The van der Waals surface area contributed by atoms with Gasteiger partial charge in [-0.1, -0.05) is 0 Å². The quantitative estimate of drug-likeness (QED) is 0.667. The highest BCUT2D eigenvalue weighted by Gasteiger charge is 2.20. The van der Waals surface area contributed by atoms with Crippen LogP contribution >= 0.6 is 11.8 Å². The highest BCUT2D eigenvalue weighted by molar-refractivity contribution is 7.99. The van der Waals surface area contributed by atoms with E-state index in [9.17, 15) is 9.59 Å². The first kappa shape index (κ1) is 21.2. The van der Waals surface area contributed by atoms with Crippen LogP contribution in [0.4, 0.5) is 5.69 Å². The molecule has 3 heterocycles. The van der Waals surface area contributed by atoms with Crippen molar-refractivity contribution in [3.8, 4) is 5.69 Å². The van der Waals surface area contributed by atoms with Gasteiger partial charge >= 0.3 is 0 Å². The van der Waals surface area contributed by atoms with Crippen LogP contribution in [0.15, 0.2) is 48.8 Å². The molecule has 1 N–H and O–H groups in total. The van der Waals surface area contributed by atoms with Crippen LogP contribution in [0, 0.1) is 20.8 Å². The number of amides is 2. The Morgan fingerprint density at radius 2 is 1.84 bits per heavy atom. The van der Waals surface area contributed by atoms with Crippen LogP contribution in [-0.2, 0) is 0 Å². The zero-order chi connectivity index (χ0) is 22.0. The van der Waals surface area contributed by atoms with E-state index in [4.69, 9.17) is 0 Å². The number of nitrogens with zero attached hydrogens (tertiary/aromatic N) is 3. The molecule has 0 bridgehead atoms. The van der Waals surface area contributed by atoms with Gasteiger partial charge in [0.2, 0.25) is 0 Å². The molecule has 31 heavy (non-hydrogen) atoms. The minimum absolute atomic E-state index is 0.0568. The molecule has 2 amide bonds. The molecule has 1 saturated heterocycles. The maximum Gasteiger partial charge on any atom is 0.257 e. The summed E-state index contributed by atoms with van der Waals surface area (Å²) in [7, 11) is 0. The van der Waals surface area contributed by atoms with Gasteiger partial charge < -0.3 is 14.8 Å². The second-order valence-corrected chi connectivity index (χ2v) is 8.94. The molecule has 7 heteroatoms. The average Bonchev–Trinajstić information content (AvgIpc) is 3.09. The second-order valence-electron chi connectivity index (χ2n) is 7.72. The summed E-state index contributed by atoms with van der Waals surface area (Å²) in [6, 6.07) is 11.2. The molecule has 6 nitrogen and oxygen atoms in total. The Hall–Kier alpha value is -3.06. The molecular formula is C24H26N4O2S. The lowest BCUT2D eigenvalue weighted by atomic mass is 10.1. The lowest BCUT2D eigenvalue weighted by Gasteiger charge is -2.26. The number of pyridine rings is 1. The molecular weight excluding hydrogens is 408 g/mol. The zero-order valence-electron chi connectivity index (χ0n) is 18.0. The van der Waals surface area contributed by atoms with Gasteiger partial charge in [-0.15, -0.1) is 0 Å². The first-order valence-electron chi connectivity index (χ1n) is 10.3. The van der Waals surface area contributed by atoms with Crippen molar-refractivity contribution < 1.29 is 9.59 Å². The minimum atomic E-state index is -0.168. The summed E-state index contributed by atoms with van der Waals surface area (Å²) in [5.74, 6) is 1.85. The third-order valence-corrected chi connectivity index (χ3v) is 6.54. The second kappa shape index (κ2) is 8.98. The number of hydrogen-bond donors (Lipinski definition) is 1. The van der Waals surface area contributed by atoms with Crippen molar-refractivity contribution in [1.29, 1.82) is 0 Å². The van der Waals surface area contributed by atoms with E-state index in [1.165, 1.54) is 0 Å². The number of thioether (sulfide) groups is 1. The summed E-state index contributed by atoms with van der Waals surface area (Å²) in [6.45, 7) is 7.39. The Balaban J connectivity index is 1.53. The smallest absolute Gasteiger partial charge is 0.257 e. The number of carbonyl (C=O) groups is 2. The van der Waals surface area contributed by atoms with E-state index < -0.39 is 0 Å². The van der Waals surface area contributed by atoms with E-state index in [1.54, 1.807) is 18.5 Å². The molecule has 3 aromatic rings. The van der Waals surface area contributed by atoms with E-state index in [2.05, 4.69) is 10.3 Å². The van der Waals surface area contributed by atoms with Crippen LogP contribution in [0.5, 0.6) is 0 Å². The highest BCUT2D eigenvalue weighted by atomic mass is 32.2. The highest BCUT2D eigenvalue weighted by Crippen LogP contribution is 2.24. The van der Waals surface area contributed by atoms with Crippen LogP contribution in [0.25, 0.3) is 5.69 Å². The standard InChI is InChI=1S/C24H26N4O2S/c1-16-13-19(24(30)27-9-11-31-12-10-27)6-7-22(16)26-23(29)21-14-17(2)28(18(21)3)20-5-4-8-25-15-20/h4-8,13-15H,9-12H2,1-3H3,(H,26,29). The van der Waals surface area contributed by atoms with Crippen molar-refractivity contribution >= 4 is 29.3 Å². The zero-order valence-corrected chi connectivity index (χ0v) is 18.8. The normalized spacial score (nSPS) is 13.8. The van der Waals surface area contributed by atoms with Crippen molar-refractivity contribution in [2.75, 3.05) is 29.9 Å². The Kier molecular flexibility index (Phi) is 6.13. The predicted octanol–water partition coefficient (Wildman–Crippen LogP) is 4.24. The number of aromatic nitrogens is 2. The van der Waals surface area contributed by atoms with Crippen molar-refractivity contribution in [2.45, 2.75) is 20.8 Å². The molecule has 2 aromatic heterocycles. The molecule has 0 unspecified atom stereocenters. The fourth-order valence-electron chi connectivity index (χ4n) is 3.95. The summed E-state index contributed by atoms with van der Waals surface area (Å²) in [6.07, 6.45) is 3.51. The lowest BCUT2D eigenvalue weighted by Crippen LogP contribution is -2.37. The molecule has 0 radical (unpaired) electrons. The topological polar surface area (TPSA) is 67.2 Å². The van der Waals surface area contributed by atoms with Crippen molar-refractivity contribution in [1.82, 2.24) is 14.5 Å². The number of carbonyl (C=O) groups excluding carboxylic acids is 2. The molecule has 0 saturated carbocycles. The van der Waals surface area contributed by atoms with Gasteiger partial charge in [0.15, 0.2) is 0 Å². The van der Waals surface area contributed by atoms with Gasteiger partial charge in [-0.25, -0.2) is 0 Å². The number of anilines is 1. The number of aryl methyl sites for hydroxylation is 2. The summed E-state index contributed by atoms with van der Waals surface area (Å²) in [4.78, 5) is 31.9. The molecule has 1 aromatic carbocycles. The van der Waals surface area contributed by atoms with Crippen LogP contribution in [0.3, 0.4) is 0 Å². The van der Waals surface area contributed by atoms with Gasteiger partial charge in [-0.05, 0) is 62.7 Å². The lowest BCUT2D eigenvalue weighted by molar-refractivity contribution is 0.0772. The van der Waals surface area contributed by atoms with E-state index in [1.807, 2.05) is 72.3 Å². The van der Waals surface area contributed by atoms with E-state index in [-0.39, 0.29) is 11.8 Å². The molecule has 0 atom stereocenters. The van der Waals surface area contributed by atoms with Crippen LogP contribution in [0.2, 0.25) is 0 Å². The minimum Gasteiger partial charge on any atom is -0.337 e. The molecule has 160 valence electrons. The number of benzene rings is 1. The van der Waals surface area contributed by atoms with Gasteiger partial charge in [0.1, 0.15) is 0 Å². The van der Waals surface area contributed by atoms with Gasteiger partial charge in [0, 0.05) is 53.4 Å². The molecule has 1 aliphatic heterocycles. The first-order chi connectivity index (χ1) is 15.0. The summed E-state index contributed by atoms with van der Waals surface area (Å²) < 4.78 is 2.02. The van der Waals surface area contributed by atoms with Crippen LogP contribution < -0.4 is 5.32 Å². The van der Waals surface area contributed by atoms with E-state index in [0.717, 1.165) is 47.2 Å². The third-order valence-electron chi connectivity index (χ3n) is 5.60. The molecule has 1 aliphatic rings. The fourth-order valence-corrected chi connectivity index (χ4v) is 4.85. The van der Waals surface area contributed by atoms with Crippen molar-refractivity contribution in [3.63, 3.8) is 0 Å². The molecule has 0 aliphatic carbocycles.